The lowest BCUT2D eigenvalue weighted by atomic mass is 9.90. The monoisotopic (exact) mass is 206 g/mol. The van der Waals surface area contributed by atoms with E-state index in [0.29, 0.717) is 0 Å². The van der Waals surface area contributed by atoms with Crippen molar-refractivity contribution < 1.29 is 9.18 Å². The van der Waals surface area contributed by atoms with Crippen LogP contribution in [-0.4, -0.2) is 5.78 Å². The molecule has 1 aliphatic carbocycles. The van der Waals surface area contributed by atoms with Crippen LogP contribution < -0.4 is 0 Å². The minimum atomic E-state index is -0.202. The number of halogens is 1. The summed E-state index contributed by atoms with van der Waals surface area (Å²) in [5.74, 6) is 0.137. The summed E-state index contributed by atoms with van der Waals surface area (Å²) in [6, 6.07) is 4.77. The summed E-state index contributed by atoms with van der Waals surface area (Å²) >= 11 is 0. The van der Waals surface area contributed by atoms with Gasteiger partial charge >= 0.3 is 0 Å². The van der Waals surface area contributed by atoms with E-state index in [1.165, 1.54) is 6.07 Å². The molecule has 2 heteroatoms. The van der Waals surface area contributed by atoms with Gasteiger partial charge in [-0.05, 0) is 36.1 Å². The van der Waals surface area contributed by atoms with Gasteiger partial charge in [-0.15, -0.1) is 0 Å². The Bertz CT molecular complexity index is 396. The van der Waals surface area contributed by atoms with Crippen LogP contribution in [0.5, 0.6) is 0 Å². The first-order valence-corrected chi connectivity index (χ1v) is 5.41. The zero-order valence-electron chi connectivity index (χ0n) is 9.09. The summed E-state index contributed by atoms with van der Waals surface area (Å²) in [4.78, 5) is 11.9. The van der Waals surface area contributed by atoms with E-state index in [1.54, 1.807) is 12.1 Å². The summed E-state index contributed by atoms with van der Waals surface area (Å²) in [5.41, 5.74) is 2.05. The molecule has 1 aliphatic rings. The Kier molecular flexibility index (Phi) is 2.59. The Morgan fingerprint density at radius 1 is 1.47 bits per heavy atom. The average molecular weight is 206 g/mol. The molecule has 0 saturated heterocycles. The molecule has 0 spiro atoms. The fraction of sp³-hybridized carbons (Fsp3) is 0.462. The highest BCUT2D eigenvalue weighted by atomic mass is 19.1. The van der Waals surface area contributed by atoms with E-state index in [9.17, 15) is 9.18 Å². The number of hydrogen-bond acceptors (Lipinski definition) is 1. The van der Waals surface area contributed by atoms with Gasteiger partial charge in [0.1, 0.15) is 11.6 Å². The van der Waals surface area contributed by atoms with Crippen LogP contribution in [0.2, 0.25) is 0 Å². The van der Waals surface area contributed by atoms with Crippen LogP contribution in [0.1, 0.15) is 37.3 Å². The highest BCUT2D eigenvalue weighted by molar-refractivity contribution is 5.88. The largest absolute Gasteiger partial charge is 0.299 e. The SMILES string of the molecule is CC(C)C(=O)C1CCc2cc(F)ccc21. The molecule has 2 rings (SSSR count). The maximum Gasteiger partial charge on any atom is 0.142 e. The smallest absolute Gasteiger partial charge is 0.142 e. The Morgan fingerprint density at radius 2 is 2.20 bits per heavy atom. The van der Waals surface area contributed by atoms with Crippen molar-refractivity contribution in [3.63, 3.8) is 0 Å². The maximum absolute atomic E-state index is 13.0. The highest BCUT2D eigenvalue weighted by Gasteiger charge is 2.29. The molecule has 1 atom stereocenters. The topological polar surface area (TPSA) is 17.1 Å². The summed E-state index contributed by atoms with van der Waals surface area (Å²) in [5, 5.41) is 0. The summed E-state index contributed by atoms with van der Waals surface area (Å²) in [6.45, 7) is 3.84. The molecular formula is C13H15FO. The average Bonchev–Trinajstić information content (AvgIpc) is 2.59. The predicted octanol–water partition coefficient (Wildman–Crippen LogP) is 3.08. The molecule has 1 unspecified atom stereocenters. The molecular weight excluding hydrogens is 191 g/mol. The van der Waals surface area contributed by atoms with E-state index >= 15 is 0 Å². The van der Waals surface area contributed by atoms with Crippen LogP contribution in [0.3, 0.4) is 0 Å². The van der Waals surface area contributed by atoms with Crippen molar-refractivity contribution in [2.75, 3.05) is 0 Å². The van der Waals surface area contributed by atoms with E-state index in [0.717, 1.165) is 24.0 Å². The second-order valence-corrected chi connectivity index (χ2v) is 4.49. The lowest BCUT2D eigenvalue weighted by molar-refractivity contribution is -0.123. The van der Waals surface area contributed by atoms with Crippen molar-refractivity contribution in [2.45, 2.75) is 32.6 Å². The van der Waals surface area contributed by atoms with Gasteiger partial charge in [-0.1, -0.05) is 19.9 Å². The first-order valence-electron chi connectivity index (χ1n) is 5.41. The van der Waals surface area contributed by atoms with E-state index in [2.05, 4.69) is 0 Å². The van der Waals surface area contributed by atoms with Crippen LogP contribution in [0.4, 0.5) is 4.39 Å². The predicted molar refractivity (Wildman–Crippen MR) is 57.3 cm³/mol. The normalized spacial score (nSPS) is 19.3. The van der Waals surface area contributed by atoms with Crippen LogP contribution >= 0.6 is 0 Å². The minimum Gasteiger partial charge on any atom is -0.299 e. The quantitative estimate of drug-likeness (QED) is 0.726. The van der Waals surface area contributed by atoms with E-state index < -0.39 is 0 Å². The molecule has 1 aromatic carbocycles. The van der Waals surface area contributed by atoms with Crippen LogP contribution in [-0.2, 0) is 11.2 Å². The number of carbonyl (C=O) groups excluding carboxylic acids is 1. The van der Waals surface area contributed by atoms with Crippen LogP contribution in [0.15, 0.2) is 18.2 Å². The number of hydrogen-bond donors (Lipinski definition) is 0. The van der Waals surface area contributed by atoms with Crippen molar-refractivity contribution in [3.8, 4) is 0 Å². The van der Waals surface area contributed by atoms with Gasteiger partial charge in [0.15, 0.2) is 0 Å². The number of ketones is 1. The van der Waals surface area contributed by atoms with Crippen molar-refractivity contribution in [1.29, 1.82) is 0 Å². The van der Waals surface area contributed by atoms with Gasteiger partial charge in [-0.3, -0.25) is 4.79 Å². The fourth-order valence-corrected chi connectivity index (χ4v) is 2.28. The lowest BCUT2D eigenvalue weighted by Crippen LogP contribution is -2.15. The third-order valence-corrected chi connectivity index (χ3v) is 3.10. The number of benzene rings is 1. The third kappa shape index (κ3) is 1.81. The number of rotatable bonds is 2. The van der Waals surface area contributed by atoms with E-state index in [-0.39, 0.29) is 23.4 Å². The van der Waals surface area contributed by atoms with Gasteiger partial charge in [-0.2, -0.15) is 0 Å². The van der Waals surface area contributed by atoms with Crippen LogP contribution in [0, 0.1) is 11.7 Å². The molecule has 1 aromatic rings. The van der Waals surface area contributed by atoms with E-state index in [4.69, 9.17) is 0 Å². The number of Topliss-reactive ketones (excluding diaryl/α,β-unsaturated/α-hetero) is 1. The molecule has 0 aliphatic heterocycles. The molecule has 0 saturated carbocycles. The molecule has 0 bridgehead atoms. The third-order valence-electron chi connectivity index (χ3n) is 3.10. The van der Waals surface area contributed by atoms with Gasteiger partial charge in [0.05, 0.1) is 0 Å². The van der Waals surface area contributed by atoms with Crippen LogP contribution in [0.25, 0.3) is 0 Å². The Balaban J connectivity index is 2.33. The number of aryl methyl sites for hydroxylation is 1. The minimum absolute atomic E-state index is 0.000556. The van der Waals surface area contributed by atoms with Gasteiger partial charge < -0.3 is 0 Å². The molecule has 0 radical (unpaired) electrons. The Labute approximate surface area is 89.3 Å². The number of carbonyl (C=O) groups is 1. The fourth-order valence-electron chi connectivity index (χ4n) is 2.28. The van der Waals surface area contributed by atoms with Gasteiger partial charge in [0.25, 0.3) is 0 Å². The zero-order chi connectivity index (χ0) is 11.0. The number of fused-ring (bicyclic) bond motifs is 1. The molecule has 80 valence electrons. The maximum atomic E-state index is 13.0. The zero-order valence-corrected chi connectivity index (χ0v) is 9.09. The molecule has 0 aromatic heterocycles. The van der Waals surface area contributed by atoms with Crippen molar-refractivity contribution in [2.24, 2.45) is 5.92 Å². The summed E-state index contributed by atoms with van der Waals surface area (Å²) < 4.78 is 13.0. The first-order chi connectivity index (χ1) is 7.09. The first kappa shape index (κ1) is 10.3. The molecule has 0 N–H and O–H groups in total. The van der Waals surface area contributed by atoms with Crippen molar-refractivity contribution in [3.05, 3.63) is 35.1 Å². The van der Waals surface area contributed by atoms with Gasteiger partial charge in [0, 0.05) is 11.8 Å². The Morgan fingerprint density at radius 3 is 2.87 bits per heavy atom. The standard InChI is InChI=1S/C13H15FO/c1-8(2)13(15)12-5-3-9-7-10(14)4-6-11(9)12/h4,6-8,12H,3,5H2,1-2H3. The second kappa shape index (κ2) is 3.76. The molecule has 1 nitrogen and oxygen atoms in total. The summed E-state index contributed by atoms with van der Waals surface area (Å²) in [7, 11) is 0. The lowest BCUT2D eigenvalue weighted by Gasteiger charge is -2.12. The Hall–Kier alpha value is -1.18. The van der Waals surface area contributed by atoms with Gasteiger partial charge in [-0.25, -0.2) is 4.39 Å². The molecule has 15 heavy (non-hydrogen) atoms. The second-order valence-electron chi connectivity index (χ2n) is 4.49. The van der Waals surface area contributed by atoms with Crippen molar-refractivity contribution >= 4 is 5.78 Å². The van der Waals surface area contributed by atoms with Crippen molar-refractivity contribution in [1.82, 2.24) is 0 Å². The van der Waals surface area contributed by atoms with Gasteiger partial charge in [0.2, 0.25) is 0 Å². The molecule has 0 fully saturated rings. The highest BCUT2D eigenvalue weighted by Crippen LogP contribution is 2.35. The molecule has 0 heterocycles. The summed E-state index contributed by atoms with van der Waals surface area (Å²) in [6.07, 6.45) is 1.67. The molecule has 0 amide bonds. The van der Waals surface area contributed by atoms with E-state index in [1.807, 2.05) is 13.8 Å².